The molecule has 70 valence electrons. The first-order chi connectivity index (χ1) is 5.45. The van der Waals surface area contributed by atoms with Gasteiger partial charge in [-0.25, -0.2) is 0 Å². The molecule has 0 aliphatic heterocycles. The van der Waals surface area contributed by atoms with Crippen LogP contribution in [0.1, 0.15) is 41.5 Å². The maximum absolute atomic E-state index is 3.37. The summed E-state index contributed by atoms with van der Waals surface area (Å²) in [6.45, 7) is 13.3. The summed E-state index contributed by atoms with van der Waals surface area (Å²) in [4.78, 5) is 0. The molecular formula is C12H22. The highest BCUT2D eigenvalue weighted by molar-refractivity contribution is 5.07. The van der Waals surface area contributed by atoms with Gasteiger partial charge < -0.3 is 0 Å². The largest absolute Gasteiger partial charge is 0.100 e. The first-order valence-electron chi connectivity index (χ1n) is 4.96. The molecule has 0 aromatic carbocycles. The van der Waals surface area contributed by atoms with Gasteiger partial charge in [0.05, 0.1) is 0 Å². The molecule has 0 unspecified atom stereocenters. The zero-order chi connectivity index (χ0) is 9.72. The molecule has 0 aliphatic carbocycles. The van der Waals surface area contributed by atoms with Gasteiger partial charge in [-0.1, -0.05) is 47.5 Å². The third kappa shape index (κ3) is 4.44. The molecule has 0 bridgehead atoms. The zero-order valence-corrected chi connectivity index (χ0v) is 9.31. The van der Waals surface area contributed by atoms with Gasteiger partial charge in [0.2, 0.25) is 0 Å². The smallest absolute Gasteiger partial charge is 0.0248 e. The van der Waals surface area contributed by atoms with Crippen LogP contribution < -0.4 is 0 Å². The van der Waals surface area contributed by atoms with E-state index in [2.05, 4.69) is 53.4 Å². The highest BCUT2D eigenvalue weighted by atomic mass is 14.2. The van der Waals surface area contributed by atoms with Crippen LogP contribution in [0.4, 0.5) is 0 Å². The molecule has 0 aromatic rings. The molecule has 0 aromatic heterocycles. The summed E-state index contributed by atoms with van der Waals surface area (Å²) < 4.78 is 0. The predicted molar refractivity (Wildman–Crippen MR) is 55.8 cm³/mol. The van der Waals surface area contributed by atoms with Gasteiger partial charge in [0.15, 0.2) is 0 Å². The van der Waals surface area contributed by atoms with Crippen LogP contribution in [0.5, 0.6) is 0 Å². The fraction of sp³-hybridized carbons (Fsp3) is 0.833. The quantitative estimate of drug-likeness (QED) is 0.550. The Kier molecular flexibility index (Phi) is 5.06. The average Bonchev–Trinajstić information content (AvgIpc) is 1.84. The lowest BCUT2D eigenvalue weighted by Gasteiger charge is -2.18. The second-order valence-corrected chi connectivity index (χ2v) is 4.46. The van der Waals surface area contributed by atoms with E-state index >= 15 is 0 Å². The Morgan fingerprint density at radius 2 is 1.08 bits per heavy atom. The Morgan fingerprint density at radius 3 is 1.33 bits per heavy atom. The molecule has 0 atom stereocenters. The standard InChI is InChI=1S/C12H22/c1-9(2)7-8-12(10(3)4)11(5)6/h9-12H,1-6H3. The summed E-state index contributed by atoms with van der Waals surface area (Å²) >= 11 is 0. The van der Waals surface area contributed by atoms with Crippen LogP contribution in [0.15, 0.2) is 0 Å². The topological polar surface area (TPSA) is 0 Å². The minimum Gasteiger partial charge on any atom is -0.100 e. The van der Waals surface area contributed by atoms with Crippen molar-refractivity contribution in [1.29, 1.82) is 0 Å². The summed E-state index contributed by atoms with van der Waals surface area (Å²) in [5.41, 5.74) is 0. The van der Waals surface area contributed by atoms with Gasteiger partial charge in [-0.15, -0.1) is 5.92 Å². The minimum absolute atomic E-state index is 0.505. The van der Waals surface area contributed by atoms with E-state index in [9.17, 15) is 0 Å². The molecule has 0 N–H and O–H groups in total. The maximum atomic E-state index is 3.37. The molecule has 0 heterocycles. The lowest BCUT2D eigenvalue weighted by Crippen LogP contribution is -2.13. The summed E-state index contributed by atoms with van der Waals surface area (Å²) in [6.07, 6.45) is 0. The van der Waals surface area contributed by atoms with Crippen LogP contribution in [0.3, 0.4) is 0 Å². The molecule has 0 aliphatic rings. The van der Waals surface area contributed by atoms with Gasteiger partial charge >= 0.3 is 0 Å². The van der Waals surface area contributed by atoms with Crippen LogP contribution in [0, 0.1) is 35.5 Å². The second-order valence-electron chi connectivity index (χ2n) is 4.46. The van der Waals surface area contributed by atoms with E-state index in [0.717, 1.165) is 0 Å². The Hall–Kier alpha value is -0.440. The SMILES string of the molecule is CC(C)C#CC(C(C)C)C(C)C. The fourth-order valence-electron chi connectivity index (χ4n) is 1.37. The zero-order valence-electron chi connectivity index (χ0n) is 9.31. The molecule has 0 rings (SSSR count). The maximum Gasteiger partial charge on any atom is 0.0248 e. The normalized spacial score (nSPS) is 11.2. The van der Waals surface area contributed by atoms with Crippen LogP contribution >= 0.6 is 0 Å². The van der Waals surface area contributed by atoms with E-state index in [1.807, 2.05) is 0 Å². The van der Waals surface area contributed by atoms with Crippen molar-refractivity contribution in [3.63, 3.8) is 0 Å². The van der Waals surface area contributed by atoms with Gasteiger partial charge in [-0.05, 0) is 11.8 Å². The number of rotatable bonds is 2. The summed E-state index contributed by atoms with van der Waals surface area (Å²) in [7, 11) is 0. The third-order valence-corrected chi connectivity index (χ3v) is 1.98. The molecule has 0 fully saturated rings. The van der Waals surface area contributed by atoms with Crippen molar-refractivity contribution in [2.24, 2.45) is 23.7 Å². The van der Waals surface area contributed by atoms with Crippen molar-refractivity contribution in [3.05, 3.63) is 0 Å². The third-order valence-electron chi connectivity index (χ3n) is 1.98. The second kappa shape index (κ2) is 5.25. The monoisotopic (exact) mass is 166 g/mol. The predicted octanol–water partition coefficient (Wildman–Crippen LogP) is 3.57. The summed E-state index contributed by atoms with van der Waals surface area (Å²) in [6, 6.07) is 0. The van der Waals surface area contributed by atoms with E-state index in [1.165, 1.54) is 0 Å². The highest BCUT2D eigenvalue weighted by Crippen LogP contribution is 2.19. The fourth-order valence-corrected chi connectivity index (χ4v) is 1.37. The van der Waals surface area contributed by atoms with E-state index in [-0.39, 0.29) is 0 Å². The van der Waals surface area contributed by atoms with Gasteiger partial charge in [-0.2, -0.15) is 0 Å². The van der Waals surface area contributed by atoms with E-state index < -0.39 is 0 Å². The minimum atomic E-state index is 0.505. The Bertz CT molecular complexity index is 156. The molecule has 12 heavy (non-hydrogen) atoms. The Labute approximate surface area is 77.8 Å². The van der Waals surface area contributed by atoms with Crippen LogP contribution in [-0.2, 0) is 0 Å². The molecule has 0 nitrogen and oxygen atoms in total. The van der Waals surface area contributed by atoms with E-state index in [1.54, 1.807) is 0 Å². The lowest BCUT2D eigenvalue weighted by molar-refractivity contribution is 0.369. The van der Waals surface area contributed by atoms with Gasteiger partial charge in [0.1, 0.15) is 0 Å². The van der Waals surface area contributed by atoms with Gasteiger partial charge in [-0.3, -0.25) is 0 Å². The summed E-state index contributed by atoms with van der Waals surface area (Å²) in [5, 5.41) is 0. The first kappa shape index (κ1) is 11.6. The molecule has 0 spiro atoms. The average molecular weight is 166 g/mol. The van der Waals surface area contributed by atoms with Gasteiger partial charge in [0, 0.05) is 11.8 Å². The Morgan fingerprint density at radius 1 is 0.667 bits per heavy atom. The molecule has 0 amide bonds. The van der Waals surface area contributed by atoms with E-state index in [0.29, 0.717) is 23.7 Å². The van der Waals surface area contributed by atoms with Crippen molar-refractivity contribution in [1.82, 2.24) is 0 Å². The molecule has 0 saturated heterocycles. The highest BCUT2D eigenvalue weighted by Gasteiger charge is 2.13. The van der Waals surface area contributed by atoms with Gasteiger partial charge in [0.25, 0.3) is 0 Å². The molecular weight excluding hydrogens is 144 g/mol. The van der Waals surface area contributed by atoms with E-state index in [4.69, 9.17) is 0 Å². The van der Waals surface area contributed by atoms with Crippen LogP contribution in [0.2, 0.25) is 0 Å². The molecule has 0 saturated carbocycles. The van der Waals surface area contributed by atoms with Crippen molar-refractivity contribution in [3.8, 4) is 11.8 Å². The number of hydrogen-bond donors (Lipinski definition) is 0. The van der Waals surface area contributed by atoms with Crippen molar-refractivity contribution in [2.75, 3.05) is 0 Å². The van der Waals surface area contributed by atoms with Crippen molar-refractivity contribution >= 4 is 0 Å². The first-order valence-corrected chi connectivity index (χ1v) is 4.96. The molecule has 0 heteroatoms. The van der Waals surface area contributed by atoms with Crippen molar-refractivity contribution in [2.45, 2.75) is 41.5 Å². The van der Waals surface area contributed by atoms with Crippen molar-refractivity contribution < 1.29 is 0 Å². The lowest BCUT2D eigenvalue weighted by atomic mass is 9.86. The van der Waals surface area contributed by atoms with Crippen LogP contribution in [0.25, 0.3) is 0 Å². The number of hydrogen-bond acceptors (Lipinski definition) is 0. The molecule has 0 radical (unpaired) electrons. The summed E-state index contributed by atoms with van der Waals surface area (Å²) in [5.74, 6) is 9.05. The Balaban J connectivity index is 4.26. The van der Waals surface area contributed by atoms with Crippen LogP contribution in [-0.4, -0.2) is 0 Å².